The lowest BCUT2D eigenvalue weighted by atomic mass is 9.95. The largest absolute Gasteiger partial charge is 0.357 e. The molecule has 1 amide bonds. The second-order valence-electron chi connectivity index (χ2n) is 5.86. The first-order chi connectivity index (χ1) is 11.0. The number of carbonyl (C=O) groups excluding carboxylic acids is 1. The van der Waals surface area contributed by atoms with Crippen LogP contribution in [0.5, 0.6) is 0 Å². The standard InChI is InChI=1S/C16H24N4O3/c1-4-18(5-2)16(21)13-6-8-19(9-7-13)15-10-12(3)14(11-17-15)20(22)23/h10-11,13H,4-9H2,1-3H3. The van der Waals surface area contributed by atoms with E-state index in [4.69, 9.17) is 0 Å². The lowest BCUT2D eigenvalue weighted by Gasteiger charge is -2.34. The highest BCUT2D eigenvalue weighted by Gasteiger charge is 2.28. The van der Waals surface area contributed by atoms with Crippen molar-refractivity contribution in [2.24, 2.45) is 5.92 Å². The Hall–Kier alpha value is -2.18. The number of rotatable bonds is 5. The molecule has 0 spiro atoms. The maximum absolute atomic E-state index is 12.4. The molecular formula is C16H24N4O3. The van der Waals surface area contributed by atoms with Crippen molar-refractivity contribution in [1.29, 1.82) is 0 Å². The summed E-state index contributed by atoms with van der Waals surface area (Å²) in [6.07, 6.45) is 2.91. The van der Waals surface area contributed by atoms with Gasteiger partial charge in [0.2, 0.25) is 5.91 Å². The van der Waals surface area contributed by atoms with E-state index in [1.54, 1.807) is 13.0 Å². The number of hydrogen-bond acceptors (Lipinski definition) is 5. The van der Waals surface area contributed by atoms with Gasteiger partial charge in [-0.25, -0.2) is 4.98 Å². The van der Waals surface area contributed by atoms with Crippen LogP contribution in [0.15, 0.2) is 12.3 Å². The van der Waals surface area contributed by atoms with Crippen molar-refractivity contribution in [3.63, 3.8) is 0 Å². The summed E-state index contributed by atoms with van der Waals surface area (Å²) in [6, 6.07) is 1.75. The average Bonchev–Trinajstić information content (AvgIpc) is 2.55. The summed E-state index contributed by atoms with van der Waals surface area (Å²) >= 11 is 0. The molecule has 126 valence electrons. The Morgan fingerprint density at radius 3 is 2.48 bits per heavy atom. The maximum Gasteiger partial charge on any atom is 0.290 e. The van der Waals surface area contributed by atoms with Gasteiger partial charge in [-0.05, 0) is 39.7 Å². The van der Waals surface area contributed by atoms with Crippen LogP contribution in [-0.2, 0) is 4.79 Å². The van der Waals surface area contributed by atoms with Crippen molar-refractivity contribution in [3.05, 3.63) is 27.9 Å². The fourth-order valence-corrected chi connectivity index (χ4v) is 3.05. The molecule has 0 radical (unpaired) electrons. The predicted octanol–water partition coefficient (Wildman–Crippen LogP) is 2.38. The zero-order valence-electron chi connectivity index (χ0n) is 14.0. The van der Waals surface area contributed by atoms with E-state index in [9.17, 15) is 14.9 Å². The number of amides is 1. The Balaban J connectivity index is 2.00. The van der Waals surface area contributed by atoms with Gasteiger partial charge in [-0.1, -0.05) is 0 Å². The second-order valence-corrected chi connectivity index (χ2v) is 5.86. The first-order valence-electron chi connectivity index (χ1n) is 8.12. The number of anilines is 1. The molecular weight excluding hydrogens is 296 g/mol. The Morgan fingerprint density at radius 1 is 1.39 bits per heavy atom. The molecule has 0 aliphatic carbocycles. The fourth-order valence-electron chi connectivity index (χ4n) is 3.05. The Labute approximate surface area is 136 Å². The number of pyridine rings is 1. The minimum Gasteiger partial charge on any atom is -0.357 e. The number of nitrogens with zero attached hydrogens (tertiary/aromatic N) is 4. The molecule has 1 fully saturated rings. The van der Waals surface area contributed by atoms with Crippen molar-refractivity contribution in [1.82, 2.24) is 9.88 Å². The quantitative estimate of drug-likeness (QED) is 0.615. The topological polar surface area (TPSA) is 79.6 Å². The highest BCUT2D eigenvalue weighted by molar-refractivity contribution is 5.79. The van der Waals surface area contributed by atoms with Gasteiger partial charge in [0.05, 0.1) is 4.92 Å². The number of aryl methyl sites for hydroxylation is 1. The number of carbonyl (C=O) groups is 1. The van der Waals surface area contributed by atoms with E-state index < -0.39 is 4.92 Å². The van der Waals surface area contributed by atoms with Gasteiger partial charge in [0.25, 0.3) is 5.69 Å². The summed E-state index contributed by atoms with van der Waals surface area (Å²) < 4.78 is 0. The number of nitro groups is 1. The van der Waals surface area contributed by atoms with Crippen LogP contribution in [0.1, 0.15) is 32.3 Å². The molecule has 0 saturated carbocycles. The minimum atomic E-state index is -0.416. The van der Waals surface area contributed by atoms with Crippen molar-refractivity contribution in [2.75, 3.05) is 31.1 Å². The summed E-state index contributed by atoms with van der Waals surface area (Å²) in [6.45, 7) is 8.72. The molecule has 1 aliphatic heterocycles. The van der Waals surface area contributed by atoms with E-state index in [0.29, 0.717) is 5.56 Å². The number of aromatic nitrogens is 1. The van der Waals surface area contributed by atoms with Crippen LogP contribution in [0.3, 0.4) is 0 Å². The molecule has 1 saturated heterocycles. The van der Waals surface area contributed by atoms with Gasteiger partial charge < -0.3 is 9.80 Å². The Bertz CT molecular complexity index is 579. The Kier molecular flexibility index (Phi) is 5.52. The highest BCUT2D eigenvalue weighted by Crippen LogP contribution is 2.26. The van der Waals surface area contributed by atoms with Gasteiger partial charge in [-0.3, -0.25) is 14.9 Å². The molecule has 0 aromatic carbocycles. The van der Waals surface area contributed by atoms with Crippen LogP contribution in [0.25, 0.3) is 0 Å². The smallest absolute Gasteiger partial charge is 0.290 e. The summed E-state index contributed by atoms with van der Waals surface area (Å²) in [5.41, 5.74) is 0.654. The molecule has 23 heavy (non-hydrogen) atoms. The van der Waals surface area contributed by atoms with Crippen LogP contribution in [0, 0.1) is 23.0 Å². The van der Waals surface area contributed by atoms with E-state index in [1.165, 1.54) is 6.20 Å². The van der Waals surface area contributed by atoms with E-state index in [2.05, 4.69) is 9.88 Å². The molecule has 1 aromatic rings. The van der Waals surface area contributed by atoms with Crippen molar-refractivity contribution in [3.8, 4) is 0 Å². The molecule has 1 aromatic heterocycles. The molecule has 2 heterocycles. The van der Waals surface area contributed by atoms with E-state index >= 15 is 0 Å². The molecule has 7 heteroatoms. The highest BCUT2D eigenvalue weighted by atomic mass is 16.6. The van der Waals surface area contributed by atoms with Crippen molar-refractivity contribution in [2.45, 2.75) is 33.6 Å². The minimum absolute atomic E-state index is 0.0420. The predicted molar refractivity (Wildman–Crippen MR) is 88.5 cm³/mol. The normalized spacial score (nSPS) is 15.5. The zero-order chi connectivity index (χ0) is 17.0. The third-order valence-electron chi connectivity index (χ3n) is 4.51. The van der Waals surface area contributed by atoms with Crippen LogP contribution < -0.4 is 4.90 Å². The molecule has 1 aliphatic rings. The average molecular weight is 320 g/mol. The van der Waals surface area contributed by atoms with E-state index in [1.807, 2.05) is 18.7 Å². The lowest BCUT2D eigenvalue weighted by molar-refractivity contribution is -0.385. The van der Waals surface area contributed by atoms with Crippen LogP contribution in [-0.4, -0.2) is 46.9 Å². The second kappa shape index (κ2) is 7.39. The lowest BCUT2D eigenvalue weighted by Crippen LogP contribution is -2.42. The molecule has 0 atom stereocenters. The van der Waals surface area contributed by atoms with Crippen LogP contribution in [0.2, 0.25) is 0 Å². The SMILES string of the molecule is CCN(CC)C(=O)C1CCN(c2cc(C)c([N+](=O)[O-])cn2)CC1. The van der Waals surface area contributed by atoms with Gasteiger partial charge in [0, 0.05) is 37.7 Å². The fraction of sp³-hybridized carbons (Fsp3) is 0.625. The van der Waals surface area contributed by atoms with Gasteiger partial charge in [-0.2, -0.15) is 0 Å². The number of hydrogen-bond donors (Lipinski definition) is 0. The summed E-state index contributed by atoms with van der Waals surface area (Å²) in [5.74, 6) is 1.06. The van der Waals surface area contributed by atoms with Gasteiger partial charge in [-0.15, -0.1) is 0 Å². The third-order valence-corrected chi connectivity index (χ3v) is 4.51. The zero-order valence-corrected chi connectivity index (χ0v) is 14.0. The van der Waals surface area contributed by atoms with Gasteiger partial charge >= 0.3 is 0 Å². The summed E-state index contributed by atoms with van der Waals surface area (Å²) in [4.78, 5) is 31.0. The van der Waals surface area contributed by atoms with E-state index in [-0.39, 0.29) is 17.5 Å². The molecule has 2 rings (SSSR count). The van der Waals surface area contributed by atoms with Crippen molar-refractivity contribution >= 4 is 17.4 Å². The molecule has 0 N–H and O–H groups in total. The maximum atomic E-state index is 12.4. The monoisotopic (exact) mass is 320 g/mol. The summed E-state index contributed by atoms with van der Waals surface area (Å²) in [5, 5.41) is 10.9. The van der Waals surface area contributed by atoms with Gasteiger partial charge in [0.1, 0.15) is 12.0 Å². The van der Waals surface area contributed by atoms with Crippen molar-refractivity contribution < 1.29 is 9.72 Å². The van der Waals surface area contributed by atoms with Crippen LogP contribution >= 0.6 is 0 Å². The third kappa shape index (κ3) is 3.78. The molecule has 0 bridgehead atoms. The molecule has 0 unspecified atom stereocenters. The van der Waals surface area contributed by atoms with E-state index in [0.717, 1.165) is 44.8 Å². The Morgan fingerprint density at radius 2 is 2.00 bits per heavy atom. The summed E-state index contributed by atoms with van der Waals surface area (Å²) in [7, 11) is 0. The molecule has 7 nitrogen and oxygen atoms in total. The van der Waals surface area contributed by atoms with Gasteiger partial charge in [0.15, 0.2) is 0 Å². The number of piperidine rings is 1. The van der Waals surface area contributed by atoms with Crippen LogP contribution in [0.4, 0.5) is 11.5 Å². The first kappa shape index (κ1) is 17.2. The first-order valence-corrected chi connectivity index (χ1v) is 8.12.